The molecule has 0 saturated heterocycles. The van der Waals surface area contributed by atoms with Crippen LogP contribution in [0.1, 0.15) is 64.7 Å². The normalized spacial score (nSPS) is 11.2. The first-order chi connectivity index (χ1) is 11.9. The van der Waals surface area contributed by atoms with E-state index in [-0.39, 0.29) is 0 Å². The molecule has 0 fully saturated rings. The van der Waals surface area contributed by atoms with Crippen molar-refractivity contribution in [1.82, 2.24) is 0 Å². The number of halogens is 1. The SMILES string of the molecule is CCCCCCCOCCOCCOCCOCCCCCCCl. The van der Waals surface area contributed by atoms with Crippen molar-refractivity contribution < 1.29 is 18.9 Å². The standard InChI is InChI=1S/C19H39ClO4/c1-2-3-4-6-9-12-21-14-16-23-18-19-24-17-15-22-13-10-7-5-8-11-20/h2-19H2,1H3. The summed E-state index contributed by atoms with van der Waals surface area (Å²) in [6, 6.07) is 0. The average Bonchev–Trinajstić information content (AvgIpc) is 2.60. The second kappa shape index (κ2) is 23.1. The maximum absolute atomic E-state index is 5.62. The zero-order valence-electron chi connectivity index (χ0n) is 15.7. The minimum atomic E-state index is 0.621. The minimum absolute atomic E-state index is 0.621. The molecule has 0 aliphatic carbocycles. The highest BCUT2D eigenvalue weighted by Crippen LogP contribution is 2.02. The Labute approximate surface area is 154 Å². The van der Waals surface area contributed by atoms with Crippen LogP contribution in [0.2, 0.25) is 0 Å². The van der Waals surface area contributed by atoms with Crippen LogP contribution in [0.5, 0.6) is 0 Å². The fourth-order valence-electron chi connectivity index (χ4n) is 2.22. The van der Waals surface area contributed by atoms with Crippen LogP contribution in [-0.2, 0) is 18.9 Å². The fourth-order valence-corrected chi connectivity index (χ4v) is 2.41. The average molecular weight is 367 g/mol. The lowest BCUT2D eigenvalue weighted by Crippen LogP contribution is -2.12. The van der Waals surface area contributed by atoms with Gasteiger partial charge in [-0.1, -0.05) is 45.4 Å². The monoisotopic (exact) mass is 366 g/mol. The summed E-state index contributed by atoms with van der Waals surface area (Å²) in [7, 11) is 0. The van der Waals surface area contributed by atoms with Gasteiger partial charge in [0.2, 0.25) is 0 Å². The molecule has 0 aromatic carbocycles. The van der Waals surface area contributed by atoms with Gasteiger partial charge in [0.25, 0.3) is 0 Å². The Morgan fingerprint density at radius 3 is 1.25 bits per heavy atom. The Morgan fingerprint density at radius 2 is 0.833 bits per heavy atom. The summed E-state index contributed by atoms with van der Waals surface area (Å²) in [5, 5.41) is 0. The van der Waals surface area contributed by atoms with Gasteiger partial charge in [-0.15, -0.1) is 11.6 Å². The van der Waals surface area contributed by atoms with Crippen LogP contribution in [0.4, 0.5) is 0 Å². The largest absolute Gasteiger partial charge is 0.379 e. The Morgan fingerprint density at radius 1 is 0.458 bits per heavy atom. The lowest BCUT2D eigenvalue weighted by atomic mass is 10.2. The summed E-state index contributed by atoms with van der Waals surface area (Å²) in [6.45, 7) is 7.78. The van der Waals surface area contributed by atoms with Crippen molar-refractivity contribution in [3.8, 4) is 0 Å². The number of rotatable bonds is 21. The molecular weight excluding hydrogens is 328 g/mol. The van der Waals surface area contributed by atoms with Gasteiger partial charge in [-0.25, -0.2) is 0 Å². The first-order valence-electron chi connectivity index (χ1n) is 9.78. The third-order valence-electron chi connectivity index (χ3n) is 3.68. The van der Waals surface area contributed by atoms with E-state index in [1.54, 1.807) is 0 Å². The van der Waals surface area contributed by atoms with Crippen LogP contribution >= 0.6 is 11.6 Å². The molecule has 0 saturated carbocycles. The maximum Gasteiger partial charge on any atom is 0.0701 e. The second-order valence-electron chi connectivity index (χ2n) is 5.97. The molecule has 0 rings (SSSR count). The van der Waals surface area contributed by atoms with E-state index >= 15 is 0 Å². The fraction of sp³-hybridized carbons (Fsp3) is 1.00. The van der Waals surface area contributed by atoms with Crippen LogP contribution in [0.25, 0.3) is 0 Å². The molecule has 0 unspecified atom stereocenters. The van der Waals surface area contributed by atoms with Crippen LogP contribution in [-0.4, -0.2) is 58.7 Å². The van der Waals surface area contributed by atoms with E-state index in [2.05, 4.69) is 6.92 Å². The van der Waals surface area contributed by atoms with Crippen LogP contribution in [0.3, 0.4) is 0 Å². The van der Waals surface area contributed by atoms with Crippen molar-refractivity contribution in [3.05, 3.63) is 0 Å². The summed E-state index contributed by atoms with van der Waals surface area (Å²) >= 11 is 5.62. The minimum Gasteiger partial charge on any atom is -0.379 e. The smallest absolute Gasteiger partial charge is 0.0701 e. The highest BCUT2D eigenvalue weighted by molar-refractivity contribution is 6.17. The molecule has 146 valence electrons. The summed E-state index contributed by atoms with van der Waals surface area (Å²) in [6.07, 6.45) is 11.0. The van der Waals surface area contributed by atoms with Crippen molar-refractivity contribution in [3.63, 3.8) is 0 Å². The van der Waals surface area contributed by atoms with Crippen molar-refractivity contribution in [1.29, 1.82) is 0 Å². The van der Waals surface area contributed by atoms with Crippen LogP contribution in [0, 0.1) is 0 Å². The van der Waals surface area contributed by atoms with Gasteiger partial charge in [0.1, 0.15) is 0 Å². The molecular formula is C19H39ClO4. The van der Waals surface area contributed by atoms with Crippen LogP contribution in [0.15, 0.2) is 0 Å². The predicted molar refractivity (Wildman–Crippen MR) is 101 cm³/mol. The number of unbranched alkanes of at least 4 members (excludes halogenated alkanes) is 7. The van der Waals surface area contributed by atoms with Gasteiger partial charge >= 0.3 is 0 Å². The Hall–Kier alpha value is 0.130. The lowest BCUT2D eigenvalue weighted by Gasteiger charge is -2.07. The molecule has 0 radical (unpaired) electrons. The highest BCUT2D eigenvalue weighted by atomic mass is 35.5. The van der Waals surface area contributed by atoms with E-state index in [1.807, 2.05) is 0 Å². The summed E-state index contributed by atoms with van der Waals surface area (Å²) < 4.78 is 21.9. The van der Waals surface area contributed by atoms with Gasteiger partial charge in [-0.05, 0) is 19.3 Å². The van der Waals surface area contributed by atoms with E-state index < -0.39 is 0 Å². The van der Waals surface area contributed by atoms with Gasteiger partial charge in [0.15, 0.2) is 0 Å². The molecule has 0 aromatic heterocycles. The molecule has 0 spiro atoms. The van der Waals surface area contributed by atoms with E-state index in [1.165, 1.54) is 38.5 Å². The van der Waals surface area contributed by atoms with Crippen molar-refractivity contribution in [2.75, 3.05) is 58.7 Å². The molecule has 0 atom stereocenters. The summed E-state index contributed by atoms with van der Waals surface area (Å²) in [4.78, 5) is 0. The molecule has 0 aromatic rings. The van der Waals surface area contributed by atoms with Crippen LogP contribution < -0.4 is 0 Å². The molecule has 4 nitrogen and oxygen atoms in total. The lowest BCUT2D eigenvalue weighted by molar-refractivity contribution is -0.00247. The molecule has 0 amide bonds. The van der Waals surface area contributed by atoms with Crippen molar-refractivity contribution >= 4 is 11.6 Å². The number of alkyl halides is 1. The molecule has 5 heteroatoms. The number of ether oxygens (including phenoxy) is 4. The zero-order chi connectivity index (χ0) is 17.6. The molecule has 0 aliphatic rings. The highest BCUT2D eigenvalue weighted by Gasteiger charge is 1.94. The van der Waals surface area contributed by atoms with Gasteiger partial charge < -0.3 is 18.9 Å². The number of hydrogen-bond acceptors (Lipinski definition) is 4. The third kappa shape index (κ3) is 22.1. The predicted octanol–water partition coefficient (Wildman–Crippen LogP) is 4.82. The molecule has 24 heavy (non-hydrogen) atoms. The summed E-state index contributed by atoms with van der Waals surface area (Å²) in [5.41, 5.74) is 0. The van der Waals surface area contributed by atoms with E-state index in [0.29, 0.717) is 39.6 Å². The first-order valence-corrected chi connectivity index (χ1v) is 10.3. The van der Waals surface area contributed by atoms with Gasteiger partial charge in [-0.2, -0.15) is 0 Å². The first kappa shape index (κ1) is 24.1. The molecule has 0 bridgehead atoms. The van der Waals surface area contributed by atoms with E-state index in [9.17, 15) is 0 Å². The Balaban J connectivity index is 2.93. The molecule has 0 heterocycles. The Kier molecular flexibility index (Phi) is 23.3. The second-order valence-corrected chi connectivity index (χ2v) is 6.34. The topological polar surface area (TPSA) is 36.9 Å². The van der Waals surface area contributed by atoms with E-state index in [0.717, 1.165) is 38.4 Å². The van der Waals surface area contributed by atoms with Gasteiger partial charge in [0.05, 0.1) is 39.6 Å². The zero-order valence-corrected chi connectivity index (χ0v) is 16.5. The van der Waals surface area contributed by atoms with Crippen molar-refractivity contribution in [2.45, 2.75) is 64.7 Å². The molecule has 0 N–H and O–H groups in total. The molecule has 0 aliphatic heterocycles. The maximum atomic E-state index is 5.62. The summed E-state index contributed by atoms with van der Waals surface area (Å²) in [5.74, 6) is 0.766. The quantitative estimate of drug-likeness (QED) is 0.215. The van der Waals surface area contributed by atoms with Gasteiger partial charge in [-0.3, -0.25) is 0 Å². The third-order valence-corrected chi connectivity index (χ3v) is 3.95. The Bertz CT molecular complexity index is 196. The van der Waals surface area contributed by atoms with Crippen molar-refractivity contribution in [2.24, 2.45) is 0 Å². The van der Waals surface area contributed by atoms with Gasteiger partial charge in [0, 0.05) is 19.1 Å². The van der Waals surface area contributed by atoms with E-state index in [4.69, 9.17) is 30.5 Å². The number of hydrogen-bond donors (Lipinski definition) is 0.